The van der Waals surface area contributed by atoms with Crippen molar-refractivity contribution in [3.8, 4) is 6.07 Å². The summed E-state index contributed by atoms with van der Waals surface area (Å²) in [5.74, 6) is -0.0936. The number of likely N-dealkylation sites (N-methyl/N-ethyl adjacent to an activating group) is 1. The minimum Gasteiger partial charge on any atom is -0.365 e. The molecule has 2 aromatic rings. The average Bonchev–Trinajstić information content (AvgIpc) is 3.03. The molecule has 1 saturated carbocycles. The summed E-state index contributed by atoms with van der Waals surface area (Å²) < 4.78 is 0. The summed E-state index contributed by atoms with van der Waals surface area (Å²) >= 11 is 0. The van der Waals surface area contributed by atoms with Crippen molar-refractivity contribution in [1.29, 1.82) is 5.26 Å². The quantitative estimate of drug-likeness (QED) is 0.943. The van der Waals surface area contributed by atoms with Gasteiger partial charge in [0.15, 0.2) is 0 Å². The third-order valence-electron chi connectivity index (χ3n) is 4.61. The van der Waals surface area contributed by atoms with E-state index < -0.39 is 5.54 Å². The predicted molar refractivity (Wildman–Crippen MR) is 92.2 cm³/mol. The summed E-state index contributed by atoms with van der Waals surface area (Å²) in [6, 6.07) is 16.5. The van der Waals surface area contributed by atoms with E-state index in [0.717, 1.165) is 42.1 Å². The van der Waals surface area contributed by atoms with Gasteiger partial charge in [-0.1, -0.05) is 36.4 Å². The van der Waals surface area contributed by atoms with Crippen molar-refractivity contribution in [3.05, 3.63) is 42.5 Å². The van der Waals surface area contributed by atoms with Crippen LogP contribution in [0.25, 0.3) is 10.8 Å². The Hall–Kier alpha value is -2.54. The third kappa shape index (κ3) is 3.14. The van der Waals surface area contributed by atoms with Crippen LogP contribution in [0.5, 0.6) is 0 Å². The lowest BCUT2D eigenvalue weighted by atomic mass is 10.00. The fourth-order valence-electron chi connectivity index (χ4n) is 3.39. The first kappa shape index (κ1) is 15.4. The number of anilines is 1. The zero-order valence-electron chi connectivity index (χ0n) is 13.4. The van der Waals surface area contributed by atoms with Gasteiger partial charge in [0, 0.05) is 18.1 Å². The van der Waals surface area contributed by atoms with Gasteiger partial charge < -0.3 is 10.2 Å². The number of hydrogen-bond donors (Lipinski definition) is 1. The SMILES string of the molecule is CN(CC(=O)NC1(C#N)CCCC1)c1cccc2ccccc12. The molecule has 1 N–H and O–H groups in total. The van der Waals surface area contributed by atoms with Crippen LogP contribution in [0.4, 0.5) is 5.69 Å². The van der Waals surface area contributed by atoms with Crippen LogP contribution in [0, 0.1) is 11.3 Å². The van der Waals surface area contributed by atoms with Crippen molar-refractivity contribution in [2.45, 2.75) is 31.2 Å². The molecule has 0 atom stereocenters. The van der Waals surface area contributed by atoms with Gasteiger partial charge in [-0.2, -0.15) is 5.26 Å². The Balaban J connectivity index is 1.74. The highest BCUT2D eigenvalue weighted by molar-refractivity contribution is 5.95. The first-order valence-corrected chi connectivity index (χ1v) is 8.05. The fourth-order valence-corrected chi connectivity index (χ4v) is 3.39. The minimum absolute atomic E-state index is 0.0936. The second kappa shape index (κ2) is 6.29. The zero-order chi connectivity index (χ0) is 16.3. The lowest BCUT2D eigenvalue weighted by molar-refractivity contribution is -0.121. The zero-order valence-corrected chi connectivity index (χ0v) is 13.4. The van der Waals surface area contributed by atoms with Gasteiger partial charge in [0.25, 0.3) is 0 Å². The summed E-state index contributed by atoms with van der Waals surface area (Å²) in [6.45, 7) is 0.247. The van der Waals surface area contributed by atoms with Gasteiger partial charge in [-0.3, -0.25) is 4.79 Å². The van der Waals surface area contributed by atoms with Crippen molar-refractivity contribution in [2.75, 3.05) is 18.5 Å². The molecular formula is C19H21N3O. The molecule has 2 aromatic carbocycles. The largest absolute Gasteiger partial charge is 0.365 e. The summed E-state index contributed by atoms with van der Waals surface area (Å²) in [7, 11) is 1.91. The highest BCUT2D eigenvalue weighted by Gasteiger charge is 2.35. The molecule has 0 aromatic heterocycles. The van der Waals surface area contributed by atoms with Crippen LogP contribution in [0.2, 0.25) is 0 Å². The van der Waals surface area contributed by atoms with Crippen LogP contribution in [-0.2, 0) is 4.79 Å². The van der Waals surface area contributed by atoms with E-state index >= 15 is 0 Å². The summed E-state index contributed by atoms with van der Waals surface area (Å²) in [5.41, 5.74) is 0.368. The smallest absolute Gasteiger partial charge is 0.240 e. The van der Waals surface area contributed by atoms with E-state index in [4.69, 9.17) is 0 Å². The summed E-state index contributed by atoms with van der Waals surface area (Å²) in [4.78, 5) is 14.3. The molecule has 1 fully saturated rings. The van der Waals surface area contributed by atoms with Gasteiger partial charge in [0.05, 0.1) is 12.6 Å². The highest BCUT2D eigenvalue weighted by Crippen LogP contribution is 2.29. The lowest BCUT2D eigenvalue weighted by Gasteiger charge is -2.25. The van der Waals surface area contributed by atoms with Gasteiger partial charge >= 0.3 is 0 Å². The molecule has 4 heteroatoms. The molecule has 1 aliphatic rings. The van der Waals surface area contributed by atoms with E-state index in [1.54, 1.807) is 0 Å². The maximum Gasteiger partial charge on any atom is 0.240 e. The summed E-state index contributed by atoms with van der Waals surface area (Å²) in [6.07, 6.45) is 3.53. The maximum absolute atomic E-state index is 12.4. The summed E-state index contributed by atoms with van der Waals surface area (Å²) in [5, 5.41) is 14.6. The van der Waals surface area contributed by atoms with Crippen LogP contribution in [-0.4, -0.2) is 25.0 Å². The molecular weight excluding hydrogens is 286 g/mol. The predicted octanol–water partition coefficient (Wildman–Crippen LogP) is 3.23. The number of nitrogens with one attached hydrogen (secondary N) is 1. The number of amides is 1. The standard InChI is InChI=1S/C19H21N3O/c1-22(13-18(23)21-19(14-20)11-4-5-12-19)17-10-6-8-15-7-2-3-9-16(15)17/h2-3,6-10H,4-5,11-13H2,1H3,(H,21,23). The van der Waals surface area contributed by atoms with Crippen molar-refractivity contribution < 1.29 is 4.79 Å². The Bertz CT molecular complexity index is 751. The molecule has 0 spiro atoms. The molecule has 3 rings (SSSR count). The average molecular weight is 307 g/mol. The van der Waals surface area contributed by atoms with E-state index in [1.807, 2.05) is 36.2 Å². The topological polar surface area (TPSA) is 56.1 Å². The van der Waals surface area contributed by atoms with E-state index in [9.17, 15) is 10.1 Å². The Morgan fingerprint density at radius 2 is 1.91 bits per heavy atom. The van der Waals surface area contributed by atoms with Crippen LogP contribution in [0.1, 0.15) is 25.7 Å². The molecule has 118 valence electrons. The van der Waals surface area contributed by atoms with Crippen LogP contribution in [0.15, 0.2) is 42.5 Å². The number of carbonyl (C=O) groups excluding carboxylic acids is 1. The number of fused-ring (bicyclic) bond motifs is 1. The van der Waals surface area contributed by atoms with E-state index in [2.05, 4.69) is 29.6 Å². The van der Waals surface area contributed by atoms with Crippen molar-refractivity contribution in [1.82, 2.24) is 5.32 Å². The van der Waals surface area contributed by atoms with Crippen molar-refractivity contribution >= 4 is 22.4 Å². The van der Waals surface area contributed by atoms with Gasteiger partial charge in [0.2, 0.25) is 5.91 Å². The number of hydrogen-bond acceptors (Lipinski definition) is 3. The fraction of sp³-hybridized carbons (Fsp3) is 0.368. The number of benzene rings is 2. The van der Waals surface area contributed by atoms with Crippen LogP contribution < -0.4 is 10.2 Å². The third-order valence-corrected chi connectivity index (χ3v) is 4.61. The van der Waals surface area contributed by atoms with Crippen LogP contribution in [0.3, 0.4) is 0 Å². The maximum atomic E-state index is 12.4. The Morgan fingerprint density at radius 3 is 2.65 bits per heavy atom. The van der Waals surface area contributed by atoms with Crippen molar-refractivity contribution in [2.24, 2.45) is 0 Å². The van der Waals surface area contributed by atoms with Gasteiger partial charge in [-0.05, 0) is 37.1 Å². The Kier molecular flexibility index (Phi) is 4.20. The number of nitrogens with zero attached hydrogens (tertiary/aromatic N) is 2. The minimum atomic E-state index is -0.656. The molecule has 23 heavy (non-hydrogen) atoms. The van der Waals surface area contributed by atoms with Gasteiger partial charge in [-0.15, -0.1) is 0 Å². The van der Waals surface area contributed by atoms with E-state index in [-0.39, 0.29) is 12.5 Å². The normalized spacial score (nSPS) is 16.0. The highest BCUT2D eigenvalue weighted by atomic mass is 16.2. The van der Waals surface area contributed by atoms with Gasteiger partial charge in [-0.25, -0.2) is 0 Å². The number of nitriles is 1. The molecule has 0 radical (unpaired) electrons. The van der Waals surface area contributed by atoms with Crippen LogP contribution >= 0.6 is 0 Å². The molecule has 1 amide bonds. The van der Waals surface area contributed by atoms with Gasteiger partial charge in [0.1, 0.15) is 5.54 Å². The van der Waals surface area contributed by atoms with Crippen molar-refractivity contribution in [3.63, 3.8) is 0 Å². The number of rotatable bonds is 4. The molecule has 0 bridgehead atoms. The Morgan fingerprint density at radius 1 is 1.22 bits per heavy atom. The molecule has 1 aliphatic carbocycles. The van der Waals surface area contributed by atoms with E-state index in [0.29, 0.717) is 0 Å². The first-order chi connectivity index (χ1) is 11.1. The molecule has 0 heterocycles. The lowest BCUT2D eigenvalue weighted by Crippen LogP contribution is -2.48. The number of carbonyl (C=O) groups is 1. The molecule has 4 nitrogen and oxygen atoms in total. The second-order valence-corrected chi connectivity index (χ2v) is 6.30. The van der Waals surface area contributed by atoms with E-state index in [1.165, 1.54) is 0 Å². The second-order valence-electron chi connectivity index (χ2n) is 6.30. The first-order valence-electron chi connectivity index (χ1n) is 8.05. The molecule has 0 aliphatic heterocycles. The monoisotopic (exact) mass is 307 g/mol. The molecule has 0 saturated heterocycles. The molecule has 0 unspecified atom stereocenters. The Labute approximate surface area is 136 Å².